The van der Waals surface area contributed by atoms with E-state index in [-0.39, 0.29) is 5.91 Å². The first-order valence-electron chi connectivity index (χ1n) is 9.21. The van der Waals surface area contributed by atoms with Crippen molar-refractivity contribution in [2.45, 2.75) is 44.4 Å². The van der Waals surface area contributed by atoms with Crippen molar-refractivity contribution in [2.75, 3.05) is 13.2 Å². The molecule has 0 fully saturated rings. The molecule has 0 bridgehead atoms. The molecule has 2 rings (SSSR count). The number of rotatable bonds is 9. The lowest BCUT2D eigenvalue weighted by molar-refractivity contribution is -0.130. The Morgan fingerprint density at radius 3 is 2.62 bits per heavy atom. The fourth-order valence-electron chi connectivity index (χ4n) is 2.50. The zero-order valence-electron chi connectivity index (χ0n) is 16.9. The minimum Gasteiger partial charge on any atom is -0.452 e. The first-order chi connectivity index (χ1) is 13.8. The first kappa shape index (κ1) is 22.5. The van der Waals surface area contributed by atoms with Crippen molar-refractivity contribution in [2.24, 2.45) is 0 Å². The number of amides is 2. The molecule has 1 aromatic heterocycles. The van der Waals surface area contributed by atoms with Gasteiger partial charge in [0.05, 0.1) is 11.3 Å². The summed E-state index contributed by atoms with van der Waals surface area (Å²) in [7, 11) is 0. The molecule has 8 nitrogen and oxygen atoms in total. The second kappa shape index (κ2) is 10.7. The number of nitrogens with zero attached hydrogens (tertiary/aromatic N) is 1. The zero-order valence-corrected chi connectivity index (χ0v) is 17.7. The van der Waals surface area contributed by atoms with Crippen molar-refractivity contribution >= 4 is 29.5 Å². The molecule has 9 heteroatoms. The highest BCUT2D eigenvalue weighted by Gasteiger charge is 2.18. The summed E-state index contributed by atoms with van der Waals surface area (Å²) in [6, 6.07) is 6.31. The summed E-state index contributed by atoms with van der Waals surface area (Å²) in [5.41, 5.74) is 2.17. The van der Waals surface area contributed by atoms with Gasteiger partial charge in [0.2, 0.25) is 5.91 Å². The standard InChI is InChI=1S/C20H25N3O5S/c1-5-21-19(25)13(3)22-18(24)10-27-20(26)15-8-6-7-9-17(15)29-11-16-12(2)23-28-14(16)4/h6-9,13H,5,10-11H2,1-4H3,(H,21,25)(H,22,24)/t13-/m1/s1. The van der Waals surface area contributed by atoms with Crippen molar-refractivity contribution in [1.29, 1.82) is 0 Å². The van der Waals surface area contributed by atoms with Gasteiger partial charge in [-0.05, 0) is 39.8 Å². The van der Waals surface area contributed by atoms with Crippen molar-refractivity contribution in [1.82, 2.24) is 15.8 Å². The van der Waals surface area contributed by atoms with Gasteiger partial charge in [-0.1, -0.05) is 17.3 Å². The van der Waals surface area contributed by atoms with Gasteiger partial charge in [-0.3, -0.25) is 9.59 Å². The third kappa shape index (κ3) is 6.35. The van der Waals surface area contributed by atoms with Gasteiger partial charge in [0.25, 0.3) is 5.91 Å². The van der Waals surface area contributed by atoms with Gasteiger partial charge in [0.15, 0.2) is 6.61 Å². The van der Waals surface area contributed by atoms with Crippen LogP contribution in [0, 0.1) is 13.8 Å². The van der Waals surface area contributed by atoms with Gasteiger partial charge < -0.3 is 19.9 Å². The fraction of sp³-hybridized carbons (Fsp3) is 0.400. The van der Waals surface area contributed by atoms with Gasteiger partial charge >= 0.3 is 5.97 Å². The smallest absolute Gasteiger partial charge is 0.339 e. The lowest BCUT2D eigenvalue weighted by Crippen LogP contribution is -2.46. The van der Waals surface area contributed by atoms with Crippen LogP contribution >= 0.6 is 11.8 Å². The van der Waals surface area contributed by atoms with Crippen molar-refractivity contribution in [3.8, 4) is 0 Å². The Morgan fingerprint density at radius 2 is 1.97 bits per heavy atom. The molecule has 2 N–H and O–H groups in total. The Bertz CT molecular complexity index is 861. The number of carbonyl (C=O) groups excluding carboxylic acids is 3. The molecular formula is C20H25N3O5S. The van der Waals surface area contributed by atoms with Crippen molar-refractivity contribution in [3.63, 3.8) is 0 Å². The molecule has 0 unspecified atom stereocenters. The van der Waals surface area contributed by atoms with E-state index in [0.29, 0.717) is 17.9 Å². The summed E-state index contributed by atoms with van der Waals surface area (Å²) < 4.78 is 10.3. The summed E-state index contributed by atoms with van der Waals surface area (Å²) in [5, 5.41) is 9.03. The number of carbonyl (C=O) groups is 3. The summed E-state index contributed by atoms with van der Waals surface area (Å²) in [6.07, 6.45) is 0. The van der Waals surface area contributed by atoms with Crippen LogP contribution in [0.2, 0.25) is 0 Å². The molecule has 29 heavy (non-hydrogen) atoms. The molecule has 0 radical (unpaired) electrons. The predicted octanol–water partition coefficient (Wildman–Crippen LogP) is 2.38. The van der Waals surface area contributed by atoms with Crippen molar-refractivity contribution < 1.29 is 23.6 Å². The van der Waals surface area contributed by atoms with E-state index in [0.717, 1.165) is 21.9 Å². The lowest BCUT2D eigenvalue weighted by atomic mass is 10.2. The molecular weight excluding hydrogens is 394 g/mol. The van der Waals surface area contributed by atoms with E-state index in [9.17, 15) is 14.4 Å². The highest BCUT2D eigenvalue weighted by atomic mass is 32.2. The predicted molar refractivity (Wildman–Crippen MR) is 109 cm³/mol. The van der Waals surface area contributed by atoms with Crippen LogP contribution in [0.4, 0.5) is 0 Å². The van der Waals surface area contributed by atoms with E-state index < -0.39 is 24.5 Å². The van der Waals surface area contributed by atoms with E-state index >= 15 is 0 Å². The number of esters is 1. The van der Waals surface area contributed by atoms with Gasteiger partial charge in [-0.15, -0.1) is 11.8 Å². The van der Waals surface area contributed by atoms with Crippen LogP contribution < -0.4 is 10.6 Å². The lowest BCUT2D eigenvalue weighted by Gasteiger charge is -2.14. The van der Waals surface area contributed by atoms with Crippen LogP contribution in [-0.4, -0.2) is 42.1 Å². The van der Waals surface area contributed by atoms with Crippen LogP contribution in [0.15, 0.2) is 33.7 Å². The first-order valence-corrected chi connectivity index (χ1v) is 10.2. The molecule has 1 aromatic carbocycles. The van der Waals surface area contributed by atoms with E-state index in [2.05, 4.69) is 15.8 Å². The third-order valence-electron chi connectivity index (χ3n) is 4.12. The number of nitrogens with one attached hydrogen (secondary N) is 2. The molecule has 2 aromatic rings. The Hall–Kier alpha value is -2.81. The number of aryl methyl sites for hydroxylation is 2. The summed E-state index contributed by atoms with van der Waals surface area (Å²) in [5.74, 6) is -0.109. The molecule has 0 aliphatic heterocycles. The number of thioether (sulfide) groups is 1. The minimum absolute atomic E-state index is 0.298. The molecule has 156 valence electrons. The molecule has 0 aliphatic carbocycles. The van der Waals surface area contributed by atoms with Crippen LogP contribution in [-0.2, 0) is 20.1 Å². The number of likely N-dealkylation sites (N-methyl/N-ethyl adjacent to an activating group) is 1. The number of aromatic nitrogens is 1. The van der Waals surface area contributed by atoms with Crippen LogP contribution in [0.25, 0.3) is 0 Å². The quantitative estimate of drug-likeness (QED) is 0.474. The zero-order chi connectivity index (χ0) is 21.4. The third-order valence-corrected chi connectivity index (χ3v) is 5.22. The van der Waals surface area contributed by atoms with Crippen molar-refractivity contribution in [3.05, 3.63) is 46.8 Å². The van der Waals surface area contributed by atoms with Crippen LogP contribution in [0.3, 0.4) is 0 Å². The van der Waals surface area contributed by atoms with E-state index in [1.165, 1.54) is 11.8 Å². The Morgan fingerprint density at radius 1 is 1.24 bits per heavy atom. The second-order valence-corrected chi connectivity index (χ2v) is 7.36. The molecule has 0 aliphatic rings. The van der Waals surface area contributed by atoms with E-state index in [1.54, 1.807) is 26.0 Å². The van der Waals surface area contributed by atoms with Crippen LogP contribution in [0.1, 0.15) is 41.2 Å². The normalized spacial score (nSPS) is 11.6. The van der Waals surface area contributed by atoms with Crippen LogP contribution in [0.5, 0.6) is 0 Å². The molecule has 1 heterocycles. The maximum Gasteiger partial charge on any atom is 0.339 e. The van der Waals surface area contributed by atoms with E-state index in [4.69, 9.17) is 9.26 Å². The molecule has 0 saturated carbocycles. The highest BCUT2D eigenvalue weighted by Crippen LogP contribution is 2.29. The van der Waals surface area contributed by atoms with E-state index in [1.807, 2.05) is 26.0 Å². The van der Waals surface area contributed by atoms with Gasteiger partial charge in [-0.25, -0.2) is 4.79 Å². The number of hydrogen-bond acceptors (Lipinski definition) is 7. The SMILES string of the molecule is CCNC(=O)[C@@H](C)NC(=O)COC(=O)c1ccccc1SCc1c(C)noc1C. The monoisotopic (exact) mass is 419 g/mol. The highest BCUT2D eigenvalue weighted by molar-refractivity contribution is 7.98. The van der Waals surface area contributed by atoms with Gasteiger partial charge in [-0.2, -0.15) is 0 Å². The average molecular weight is 420 g/mol. The molecule has 2 amide bonds. The average Bonchev–Trinajstić information content (AvgIpc) is 3.02. The van der Waals surface area contributed by atoms with Gasteiger partial charge in [0.1, 0.15) is 11.8 Å². The molecule has 0 spiro atoms. The van der Waals surface area contributed by atoms with Gasteiger partial charge in [0, 0.05) is 22.8 Å². The second-order valence-electron chi connectivity index (χ2n) is 6.35. The largest absolute Gasteiger partial charge is 0.452 e. The Labute approximate surface area is 173 Å². The number of ether oxygens (including phenoxy) is 1. The maximum atomic E-state index is 12.5. The summed E-state index contributed by atoms with van der Waals surface area (Å²) in [6.45, 7) is 7.06. The topological polar surface area (TPSA) is 111 Å². The maximum absolute atomic E-state index is 12.5. The summed E-state index contributed by atoms with van der Waals surface area (Å²) >= 11 is 1.46. The summed E-state index contributed by atoms with van der Waals surface area (Å²) in [4.78, 5) is 36.8. The number of hydrogen-bond donors (Lipinski definition) is 2. The minimum atomic E-state index is -0.709. The fourth-order valence-corrected chi connectivity index (χ4v) is 3.70. The molecule has 1 atom stereocenters. The molecule has 0 saturated heterocycles. The Kier molecular flexibility index (Phi) is 8.26. The number of benzene rings is 1. The Balaban J connectivity index is 1.94.